The Kier molecular flexibility index (Phi) is 9.78. The van der Waals surface area contributed by atoms with Gasteiger partial charge in [-0.15, -0.1) is 10.2 Å². The van der Waals surface area contributed by atoms with Crippen LogP contribution in [0, 0.1) is 0 Å². The number of carbonyl (C=O) groups excluding carboxylic acids is 2. The summed E-state index contributed by atoms with van der Waals surface area (Å²) in [6.45, 7) is 4.38. The summed E-state index contributed by atoms with van der Waals surface area (Å²) in [5.41, 5.74) is 4.51. The molecule has 202 valence electrons. The number of carbonyl (C=O) groups is 2. The van der Waals surface area contributed by atoms with Crippen LogP contribution in [0.4, 0.5) is 5.69 Å². The highest BCUT2D eigenvalue weighted by molar-refractivity contribution is 9.10. The van der Waals surface area contributed by atoms with Gasteiger partial charge in [-0.3, -0.25) is 14.2 Å². The van der Waals surface area contributed by atoms with E-state index < -0.39 is 0 Å². The van der Waals surface area contributed by atoms with Crippen LogP contribution in [-0.2, 0) is 24.2 Å². The first-order chi connectivity index (χ1) is 18.9. The number of para-hydroxylation sites is 1. The summed E-state index contributed by atoms with van der Waals surface area (Å²) in [7, 11) is 1.58. The van der Waals surface area contributed by atoms with Crippen molar-refractivity contribution in [2.75, 3.05) is 18.2 Å². The molecule has 0 atom stereocenters. The Balaban J connectivity index is 1.59. The van der Waals surface area contributed by atoms with Crippen molar-refractivity contribution in [3.8, 4) is 11.4 Å². The number of hydrogen-bond acceptors (Lipinski definition) is 6. The van der Waals surface area contributed by atoms with E-state index in [0.29, 0.717) is 22.3 Å². The van der Waals surface area contributed by atoms with E-state index in [-0.39, 0.29) is 24.1 Å². The van der Waals surface area contributed by atoms with Crippen LogP contribution in [0.2, 0.25) is 0 Å². The van der Waals surface area contributed by atoms with E-state index >= 15 is 0 Å². The third kappa shape index (κ3) is 7.07. The minimum absolute atomic E-state index is 0.147. The molecule has 0 saturated heterocycles. The fourth-order valence-corrected chi connectivity index (χ4v) is 5.12. The first-order valence-corrected chi connectivity index (χ1v) is 14.4. The van der Waals surface area contributed by atoms with Crippen LogP contribution in [0.3, 0.4) is 0 Å². The van der Waals surface area contributed by atoms with Gasteiger partial charge in [0, 0.05) is 15.7 Å². The Labute approximate surface area is 240 Å². The van der Waals surface area contributed by atoms with Gasteiger partial charge in [0.05, 0.1) is 25.1 Å². The molecule has 0 bridgehead atoms. The third-order valence-electron chi connectivity index (χ3n) is 6.11. The summed E-state index contributed by atoms with van der Waals surface area (Å²) in [5, 5.41) is 15.3. The van der Waals surface area contributed by atoms with Gasteiger partial charge in [0.1, 0.15) is 5.75 Å². The fourth-order valence-electron chi connectivity index (χ4n) is 4.10. The molecule has 8 nitrogen and oxygen atoms in total. The van der Waals surface area contributed by atoms with E-state index in [1.807, 2.05) is 28.8 Å². The number of benzene rings is 3. The van der Waals surface area contributed by atoms with Gasteiger partial charge in [-0.1, -0.05) is 59.7 Å². The van der Waals surface area contributed by atoms with E-state index in [4.69, 9.17) is 4.74 Å². The van der Waals surface area contributed by atoms with Crippen LogP contribution in [0.25, 0.3) is 5.69 Å². The molecule has 0 radical (unpaired) electrons. The van der Waals surface area contributed by atoms with Crippen molar-refractivity contribution in [1.82, 2.24) is 20.1 Å². The molecule has 0 aliphatic carbocycles. The smallest absolute Gasteiger partial charge is 0.251 e. The Bertz CT molecular complexity index is 1420. The van der Waals surface area contributed by atoms with Crippen LogP contribution < -0.4 is 15.4 Å². The fraction of sp³-hybridized carbons (Fsp3) is 0.241. The summed E-state index contributed by atoms with van der Waals surface area (Å²) in [6, 6.07) is 20.6. The molecule has 3 aromatic carbocycles. The number of methoxy groups -OCH3 is 1. The maximum Gasteiger partial charge on any atom is 0.251 e. The maximum atomic E-state index is 12.9. The lowest BCUT2D eigenvalue weighted by Crippen LogP contribution is -2.25. The summed E-state index contributed by atoms with van der Waals surface area (Å²) in [6.07, 6.45) is 1.63. The molecule has 0 aliphatic rings. The molecule has 0 fully saturated rings. The second-order valence-electron chi connectivity index (χ2n) is 8.62. The third-order valence-corrected chi connectivity index (χ3v) is 7.57. The summed E-state index contributed by atoms with van der Waals surface area (Å²) >= 11 is 4.71. The average Bonchev–Trinajstić information content (AvgIpc) is 3.37. The predicted molar refractivity (Wildman–Crippen MR) is 158 cm³/mol. The number of rotatable bonds is 11. The van der Waals surface area contributed by atoms with Crippen LogP contribution in [-0.4, -0.2) is 39.4 Å². The number of hydrogen-bond donors (Lipinski definition) is 2. The van der Waals surface area contributed by atoms with E-state index in [0.717, 1.165) is 39.8 Å². The molecule has 1 heterocycles. The lowest BCUT2D eigenvalue weighted by atomic mass is 10.0. The minimum atomic E-state index is -0.227. The van der Waals surface area contributed by atoms with Gasteiger partial charge < -0.3 is 15.4 Å². The molecule has 0 unspecified atom stereocenters. The first-order valence-electron chi connectivity index (χ1n) is 12.6. The number of aromatic nitrogens is 3. The lowest BCUT2D eigenvalue weighted by molar-refractivity contribution is -0.113. The van der Waals surface area contributed by atoms with E-state index in [2.05, 4.69) is 68.8 Å². The molecule has 1 aromatic heterocycles. The largest absolute Gasteiger partial charge is 0.497 e. The second-order valence-corrected chi connectivity index (χ2v) is 10.5. The van der Waals surface area contributed by atoms with Gasteiger partial charge in [-0.2, -0.15) is 0 Å². The van der Waals surface area contributed by atoms with Crippen LogP contribution in [0.15, 0.2) is 76.4 Å². The molecule has 2 N–H and O–H groups in total. The minimum Gasteiger partial charge on any atom is -0.497 e. The van der Waals surface area contributed by atoms with Gasteiger partial charge >= 0.3 is 0 Å². The number of nitrogens with zero attached hydrogens (tertiary/aromatic N) is 3. The Hall–Kier alpha value is -3.63. The molecule has 4 aromatic rings. The van der Waals surface area contributed by atoms with Crippen molar-refractivity contribution in [3.63, 3.8) is 0 Å². The zero-order chi connectivity index (χ0) is 27.8. The highest BCUT2D eigenvalue weighted by atomic mass is 79.9. The number of halogens is 1. The standard InChI is InChI=1S/C29H30BrN5O3S/c1-4-19-7-6-8-20(5-2)27(19)35-25(17-31-28(37)21-9-15-24(38-3)16-10-21)33-34-29(35)39-18-26(36)32-23-13-11-22(30)12-14-23/h6-16H,4-5,17-18H2,1-3H3,(H,31,37)(H,32,36). The van der Waals surface area contributed by atoms with Crippen molar-refractivity contribution in [2.24, 2.45) is 0 Å². The van der Waals surface area contributed by atoms with Crippen molar-refractivity contribution in [3.05, 3.63) is 93.7 Å². The number of amides is 2. The van der Waals surface area contributed by atoms with Crippen molar-refractivity contribution in [2.45, 2.75) is 38.4 Å². The normalized spacial score (nSPS) is 10.8. The molecule has 0 aliphatic heterocycles. The zero-order valence-corrected chi connectivity index (χ0v) is 24.4. The maximum absolute atomic E-state index is 12.9. The molecular weight excluding hydrogens is 578 g/mol. The molecule has 2 amide bonds. The highest BCUT2D eigenvalue weighted by Gasteiger charge is 2.21. The number of ether oxygens (including phenoxy) is 1. The number of anilines is 1. The predicted octanol–water partition coefficient (Wildman–Crippen LogP) is 5.82. The van der Waals surface area contributed by atoms with E-state index in [1.165, 1.54) is 11.8 Å². The van der Waals surface area contributed by atoms with E-state index in [9.17, 15) is 9.59 Å². The molecule has 10 heteroatoms. The van der Waals surface area contributed by atoms with Gasteiger partial charge in [-0.05, 0) is 72.5 Å². The molecule has 4 rings (SSSR count). The number of aryl methyl sites for hydroxylation is 2. The Morgan fingerprint density at radius 1 is 0.949 bits per heavy atom. The SMILES string of the molecule is CCc1cccc(CC)c1-n1c(CNC(=O)c2ccc(OC)cc2)nnc1SCC(=O)Nc1ccc(Br)cc1. The quantitative estimate of drug-likeness (QED) is 0.208. The number of thioether (sulfide) groups is 1. The lowest BCUT2D eigenvalue weighted by Gasteiger charge is -2.18. The monoisotopic (exact) mass is 607 g/mol. The summed E-state index contributed by atoms with van der Waals surface area (Å²) < 4.78 is 8.10. The van der Waals surface area contributed by atoms with Crippen molar-refractivity contribution >= 4 is 45.2 Å². The van der Waals surface area contributed by atoms with Gasteiger partial charge in [-0.25, -0.2) is 0 Å². The summed E-state index contributed by atoms with van der Waals surface area (Å²) in [5.74, 6) is 1.05. The van der Waals surface area contributed by atoms with Crippen molar-refractivity contribution in [1.29, 1.82) is 0 Å². The van der Waals surface area contributed by atoms with Gasteiger partial charge in [0.25, 0.3) is 5.91 Å². The summed E-state index contributed by atoms with van der Waals surface area (Å²) in [4.78, 5) is 25.6. The molecule has 0 spiro atoms. The molecule has 39 heavy (non-hydrogen) atoms. The Morgan fingerprint density at radius 3 is 2.23 bits per heavy atom. The average molecular weight is 609 g/mol. The number of nitrogens with one attached hydrogen (secondary N) is 2. The molecular formula is C29H30BrN5O3S. The molecule has 0 saturated carbocycles. The Morgan fingerprint density at radius 2 is 1.62 bits per heavy atom. The van der Waals surface area contributed by atoms with Gasteiger partial charge in [0.15, 0.2) is 11.0 Å². The van der Waals surface area contributed by atoms with Gasteiger partial charge in [0.2, 0.25) is 5.91 Å². The van der Waals surface area contributed by atoms with Crippen molar-refractivity contribution < 1.29 is 14.3 Å². The first kappa shape index (κ1) is 28.4. The van der Waals surface area contributed by atoms with E-state index in [1.54, 1.807) is 31.4 Å². The van der Waals surface area contributed by atoms with Crippen LogP contribution in [0.5, 0.6) is 5.75 Å². The van der Waals surface area contributed by atoms with Crippen LogP contribution in [0.1, 0.15) is 41.2 Å². The zero-order valence-electron chi connectivity index (χ0n) is 22.0. The highest BCUT2D eigenvalue weighted by Crippen LogP contribution is 2.28. The second kappa shape index (κ2) is 13.4. The topological polar surface area (TPSA) is 98.1 Å². The van der Waals surface area contributed by atoms with Crippen LogP contribution >= 0.6 is 27.7 Å².